The predicted molar refractivity (Wildman–Crippen MR) is 98.2 cm³/mol. The molecule has 0 aromatic heterocycles. The van der Waals surface area contributed by atoms with Crippen molar-refractivity contribution in [1.82, 2.24) is 0 Å². The van der Waals surface area contributed by atoms with Gasteiger partial charge < -0.3 is 9.38 Å². The van der Waals surface area contributed by atoms with Gasteiger partial charge in [0.25, 0.3) is 0 Å². The van der Waals surface area contributed by atoms with E-state index < -0.39 is 20.4 Å². The zero-order chi connectivity index (χ0) is 21.9. The van der Waals surface area contributed by atoms with Gasteiger partial charge in [-0.1, -0.05) is 24.3 Å². The molecule has 0 aliphatic carbocycles. The molecule has 0 spiro atoms. The van der Waals surface area contributed by atoms with Gasteiger partial charge in [0, 0.05) is 37.5 Å². The fourth-order valence-corrected chi connectivity index (χ4v) is 3.78. The average molecular weight is 437 g/mol. The Kier molecular flexibility index (Phi) is 7.79. The lowest BCUT2D eigenvalue weighted by Crippen LogP contribution is -2.61. The molecule has 0 bridgehead atoms. The largest absolute Gasteiger partial charge is 0.435 e. The van der Waals surface area contributed by atoms with Gasteiger partial charge in [-0.2, -0.15) is 22.4 Å². The molecule has 0 heterocycles. The molecular formula is C17H27ClN3O6S+. The van der Waals surface area contributed by atoms with Crippen molar-refractivity contribution >= 4 is 26.6 Å². The Hall–Kier alpha value is -1.50. The molecule has 9 nitrogen and oxygen atoms in total. The number of rotatable bonds is 5. The zero-order valence-corrected chi connectivity index (χ0v) is 18.3. The van der Waals surface area contributed by atoms with Crippen LogP contribution in [-0.2, 0) is 13.9 Å². The Balaban J connectivity index is 0.000000480. The van der Waals surface area contributed by atoms with E-state index in [1.165, 1.54) is 18.2 Å². The second-order valence-electron chi connectivity index (χ2n) is 7.27. The number of halogens is 1. The highest BCUT2D eigenvalue weighted by Crippen LogP contribution is 2.31. The maximum atomic E-state index is 11.9. The van der Waals surface area contributed by atoms with Crippen LogP contribution in [0.3, 0.4) is 0 Å². The molecule has 1 unspecified atom stereocenters. The first-order valence-electron chi connectivity index (χ1n) is 8.19. The van der Waals surface area contributed by atoms with Gasteiger partial charge in [-0.3, -0.25) is 5.73 Å². The van der Waals surface area contributed by atoms with Crippen LogP contribution in [0.15, 0.2) is 41.3 Å². The summed E-state index contributed by atoms with van der Waals surface area (Å²) in [6, 6.07) is 9.22. The normalized spacial score (nSPS) is 13.6. The van der Waals surface area contributed by atoms with Crippen LogP contribution in [0.5, 0.6) is 0 Å². The van der Waals surface area contributed by atoms with Crippen molar-refractivity contribution < 1.29 is 40.9 Å². The first-order chi connectivity index (χ1) is 12.6. The highest BCUT2D eigenvalue weighted by Gasteiger charge is 2.36. The molecule has 2 aromatic rings. The molecule has 11 heteroatoms. The van der Waals surface area contributed by atoms with E-state index in [4.69, 9.17) is 5.73 Å². The minimum atomic E-state index is -5.09. The summed E-state index contributed by atoms with van der Waals surface area (Å²) < 4.78 is 60.0. The smallest absolute Gasteiger partial charge is 0.377 e. The number of hydrogen-bond acceptors (Lipinski definition) is 8. The van der Waals surface area contributed by atoms with E-state index in [1.807, 2.05) is 6.92 Å². The molecule has 0 fully saturated rings. The van der Waals surface area contributed by atoms with E-state index >= 15 is 0 Å². The highest BCUT2D eigenvalue weighted by atomic mass is 35.7. The molecule has 0 aliphatic rings. The molecule has 2 N–H and O–H groups in total. The van der Waals surface area contributed by atoms with Gasteiger partial charge in [-0.25, -0.2) is 0 Å². The van der Waals surface area contributed by atoms with Gasteiger partial charge in [-0.15, -0.1) is 0 Å². The van der Waals surface area contributed by atoms with Gasteiger partial charge in [0.1, 0.15) is 21.3 Å². The first-order valence-corrected chi connectivity index (χ1v) is 10.8. The first kappa shape index (κ1) is 24.5. The van der Waals surface area contributed by atoms with Crippen LogP contribution in [0, 0.1) is 10.2 Å². The van der Waals surface area contributed by atoms with Crippen LogP contribution in [-0.4, -0.2) is 54.3 Å². The SMILES string of the molecule is CC(N)[N+](C)(C)C.CN(C)c1cccc2c(S(=O)(=O)O[Cl+3]([O-])([O-])[O-])cccc12. The third-order valence-electron chi connectivity index (χ3n) is 3.99. The van der Waals surface area contributed by atoms with Crippen LogP contribution in [0.2, 0.25) is 0 Å². The van der Waals surface area contributed by atoms with Gasteiger partial charge in [0.05, 0.1) is 21.1 Å². The lowest BCUT2D eigenvalue weighted by atomic mass is 10.1. The van der Waals surface area contributed by atoms with Gasteiger partial charge >= 0.3 is 10.1 Å². The van der Waals surface area contributed by atoms with Gasteiger partial charge in [0.15, 0.2) is 0 Å². The van der Waals surface area contributed by atoms with Crippen molar-refractivity contribution in [3.63, 3.8) is 0 Å². The Morgan fingerprint density at radius 1 is 1.04 bits per heavy atom. The minimum absolute atomic E-state index is 0.236. The van der Waals surface area contributed by atoms with Crippen molar-refractivity contribution in [1.29, 1.82) is 0 Å². The topological polar surface area (TPSA) is 142 Å². The van der Waals surface area contributed by atoms with Crippen molar-refractivity contribution in [2.75, 3.05) is 40.1 Å². The molecule has 2 aromatic carbocycles. The van der Waals surface area contributed by atoms with Crippen molar-refractivity contribution in [3.05, 3.63) is 36.4 Å². The van der Waals surface area contributed by atoms with E-state index in [0.29, 0.717) is 5.39 Å². The molecule has 28 heavy (non-hydrogen) atoms. The van der Waals surface area contributed by atoms with Crippen molar-refractivity contribution in [3.8, 4) is 0 Å². The molecule has 0 amide bonds. The van der Waals surface area contributed by atoms with Gasteiger partial charge in [-0.05, 0) is 12.1 Å². The summed E-state index contributed by atoms with van der Waals surface area (Å²) in [6.45, 7) is 2.00. The standard InChI is InChI=1S/C12H12ClNO6S.C5H15N2/c1-14(2)11-7-3-6-10-9(11)5-4-8-12(10)21(18,19)20-13(15,16)17;1-5(6)7(2,3)4/h3-8H,1-2H3;5H,6H2,1-4H3/q;+1. The summed E-state index contributed by atoms with van der Waals surface area (Å²) in [7, 11) is -0.0132. The zero-order valence-electron chi connectivity index (χ0n) is 16.7. The number of hydrogen-bond donors (Lipinski definition) is 1. The lowest BCUT2D eigenvalue weighted by molar-refractivity contribution is -1.91. The summed E-state index contributed by atoms with van der Waals surface area (Å²) in [5.74, 6) is 0. The van der Waals surface area contributed by atoms with Crippen LogP contribution in [0.1, 0.15) is 6.92 Å². The predicted octanol–water partition coefficient (Wildman–Crippen LogP) is -1.49. The second-order valence-corrected chi connectivity index (χ2v) is 9.88. The maximum absolute atomic E-state index is 11.9. The van der Waals surface area contributed by atoms with E-state index in [-0.39, 0.29) is 16.4 Å². The lowest BCUT2D eigenvalue weighted by Gasteiger charge is -2.27. The molecule has 158 valence electrons. The fourth-order valence-electron chi connectivity index (χ4n) is 2.01. The minimum Gasteiger partial charge on any atom is -0.377 e. The second kappa shape index (κ2) is 8.89. The Bertz CT molecular complexity index is 905. The Morgan fingerprint density at radius 3 is 1.93 bits per heavy atom. The summed E-state index contributed by atoms with van der Waals surface area (Å²) in [5, 5.41) is 0.856. The molecular weight excluding hydrogens is 410 g/mol. The molecule has 0 aliphatic heterocycles. The molecule has 0 saturated carbocycles. The fraction of sp³-hybridized carbons (Fsp3) is 0.412. The number of anilines is 1. The van der Waals surface area contributed by atoms with Crippen LogP contribution < -0.4 is 24.6 Å². The van der Waals surface area contributed by atoms with E-state index in [2.05, 4.69) is 24.9 Å². The molecule has 1 atom stereocenters. The third kappa shape index (κ3) is 6.83. The third-order valence-corrected chi connectivity index (χ3v) is 6.17. The number of benzene rings is 2. The average Bonchev–Trinajstić information content (AvgIpc) is 2.50. The van der Waals surface area contributed by atoms with Gasteiger partial charge in [0.2, 0.25) is 3.74 Å². The Morgan fingerprint density at radius 2 is 1.50 bits per heavy atom. The number of nitrogens with zero attached hydrogens (tertiary/aromatic N) is 2. The van der Waals surface area contributed by atoms with Crippen molar-refractivity contribution in [2.45, 2.75) is 18.0 Å². The van der Waals surface area contributed by atoms with Crippen LogP contribution in [0.25, 0.3) is 10.8 Å². The molecule has 0 saturated heterocycles. The highest BCUT2D eigenvalue weighted by molar-refractivity contribution is 7.86. The van der Waals surface area contributed by atoms with E-state index in [0.717, 1.165) is 10.2 Å². The molecule has 0 radical (unpaired) electrons. The summed E-state index contributed by atoms with van der Waals surface area (Å²) >= 11 is 0. The van der Waals surface area contributed by atoms with Crippen molar-refractivity contribution in [2.24, 2.45) is 5.73 Å². The number of quaternary nitrogens is 1. The van der Waals surface area contributed by atoms with E-state index in [9.17, 15) is 22.4 Å². The molecule has 2 rings (SSSR count). The van der Waals surface area contributed by atoms with E-state index in [1.54, 1.807) is 37.2 Å². The summed E-state index contributed by atoms with van der Waals surface area (Å²) in [6.07, 6.45) is 0.236. The van der Waals surface area contributed by atoms with Crippen LogP contribution >= 0.6 is 0 Å². The monoisotopic (exact) mass is 436 g/mol. The Labute approximate surface area is 168 Å². The number of nitrogens with two attached hydrogens (primary N) is 1. The maximum Gasteiger partial charge on any atom is 0.435 e. The quantitative estimate of drug-likeness (QED) is 0.441. The van der Waals surface area contributed by atoms with Crippen LogP contribution in [0.4, 0.5) is 5.69 Å². The summed E-state index contributed by atoms with van der Waals surface area (Å²) in [4.78, 5) is 1.40. The summed E-state index contributed by atoms with van der Waals surface area (Å²) in [5.41, 5.74) is 6.28. The number of fused-ring (bicyclic) bond motifs is 1.